The number of ether oxygens (including phenoxy) is 2. The van der Waals surface area contributed by atoms with E-state index in [4.69, 9.17) is 9.47 Å². The van der Waals surface area contributed by atoms with Gasteiger partial charge in [-0.05, 0) is 50.5 Å². The number of hydrogen-bond donors (Lipinski definition) is 2. The molecule has 1 aromatic rings. The first-order valence-corrected chi connectivity index (χ1v) is 8.36. The predicted molar refractivity (Wildman–Crippen MR) is 93.5 cm³/mol. The Hall–Kier alpha value is -2.57. The highest BCUT2D eigenvalue weighted by atomic mass is 16.5. The zero-order valence-corrected chi connectivity index (χ0v) is 15.1. The number of hydrogen-bond acceptors (Lipinski definition) is 5. The molecule has 0 radical (unpaired) electrons. The standard InChI is InChI=1S/C18H26N2O5/c1-5-19-18(23)20-16(21)13(4)25-17(22)14-6-8-15(9-7-14)24-11-10-12(2)3/h6-9,12-13H,5,10-11H2,1-4H3,(H2,19,20,21,23). The summed E-state index contributed by atoms with van der Waals surface area (Å²) < 4.78 is 10.6. The Morgan fingerprint density at radius 1 is 1.08 bits per heavy atom. The van der Waals surface area contributed by atoms with E-state index in [9.17, 15) is 14.4 Å². The fraction of sp³-hybridized carbons (Fsp3) is 0.500. The molecule has 1 rings (SSSR count). The number of imide groups is 1. The molecule has 0 saturated heterocycles. The molecule has 3 amide bonds. The molecule has 1 unspecified atom stereocenters. The molecular weight excluding hydrogens is 324 g/mol. The van der Waals surface area contributed by atoms with E-state index in [2.05, 4.69) is 24.5 Å². The van der Waals surface area contributed by atoms with Gasteiger partial charge in [0.1, 0.15) is 5.75 Å². The van der Waals surface area contributed by atoms with E-state index >= 15 is 0 Å². The SMILES string of the molecule is CCNC(=O)NC(=O)C(C)OC(=O)c1ccc(OCCC(C)C)cc1. The monoisotopic (exact) mass is 350 g/mol. The van der Waals surface area contributed by atoms with Crippen molar-refractivity contribution in [1.82, 2.24) is 10.6 Å². The maximum absolute atomic E-state index is 12.0. The molecular formula is C18H26N2O5. The molecule has 0 aromatic heterocycles. The van der Waals surface area contributed by atoms with E-state index in [0.717, 1.165) is 6.42 Å². The van der Waals surface area contributed by atoms with Crippen molar-refractivity contribution >= 4 is 17.9 Å². The third kappa shape index (κ3) is 7.69. The van der Waals surface area contributed by atoms with Crippen LogP contribution in [0.1, 0.15) is 44.5 Å². The van der Waals surface area contributed by atoms with Crippen LogP contribution < -0.4 is 15.4 Å². The van der Waals surface area contributed by atoms with Crippen LogP contribution in [0.3, 0.4) is 0 Å². The van der Waals surface area contributed by atoms with Crippen LogP contribution in [-0.2, 0) is 9.53 Å². The molecule has 1 atom stereocenters. The van der Waals surface area contributed by atoms with Gasteiger partial charge in [-0.1, -0.05) is 13.8 Å². The minimum atomic E-state index is -1.09. The van der Waals surface area contributed by atoms with Crippen LogP contribution in [0.15, 0.2) is 24.3 Å². The summed E-state index contributed by atoms with van der Waals surface area (Å²) in [6.45, 7) is 8.36. The molecule has 0 aliphatic rings. The third-order valence-electron chi connectivity index (χ3n) is 3.28. The first-order valence-electron chi connectivity index (χ1n) is 8.36. The Morgan fingerprint density at radius 3 is 2.28 bits per heavy atom. The summed E-state index contributed by atoms with van der Waals surface area (Å²) in [6.07, 6.45) is -0.140. The molecule has 0 saturated carbocycles. The van der Waals surface area contributed by atoms with Crippen molar-refractivity contribution in [2.75, 3.05) is 13.2 Å². The third-order valence-corrected chi connectivity index (χ3v) is 3.28. The van der Waals surface area contributed by atoms with E-state index in [1.165, 1.54) is 6.92 Å². The van der Waals surface area contributed by atoms with Gasteiger partial charge in [-0.15, -0.1) is 0 Å². The smallest absolute Gasteiger partial charge is 0.338 e. The largest absolute Gasteiger partial charge is 0.494 e. The van der Waals surface area contributed by atoms with Gasteiger partial charge in [0.25, 0.3) is 5.91 Å². The van der Waals surface area contributed by atoms with Gasteiger partial charge < -0.3 is 14.8 Å². The topological polar surface area (TPSA) is 93.7 Å². The fourth-order valence-corrected chi connectivity index (χ4v) is 1.80. The average molecular weight is 350 g/mol. The number of benzene rings is 1. The molecule has 2 N–H and O–H groups in total. The molecule has 25 heavy (non-hydrogen) atoms. The van der Waals surface area contributed by atoms with E-state index in [1.807, 2.05) is 0 Å². The lowest BCUT2D eigenvalue weighted by Gasteiger charge is -2.13. The summed E-state index contributed by atoms with van der Waals surface area (Å²) in [4.78, 5) is 35.1. The lowest BCUT2D eigenvalue weighted by Crippen LogP contribution is -2.44. The van der Waals surface area contributed by atoms with Gasteiger partial charge in [-0.25, -0.2) is 9.59 Å². The maximum Gasteiger partial charge on any atom is 0.338 e. The number of rotatable bonds is 8. The summed E-state index contributed by atoms with van der Waals surface area (Å²) in [5, 5.41) is 4.51. The minimum Gasteiger partial charge on any atom is -0.494 e. The van der Waals surface area contributed by atoms with Crippen LogP contribution in [-0.4, -0.2) is 37.2 Å². The van der Waals surface area contributed by atoms with E-state index in [-0.39, 0.29) is 0 Å². The Labute approximate surface area is 148 Å². The molecule has 0 fully saturated rings. The second-order valence-electron chi connectivity index (χ2n) is 5.95. The normalized spacial score (nSPS) is 11.6. The first kappa shape index (κ1) is 20.5. The minimum absolute atomic E-state index is 0.300. The van der Waals surface area contributed by atoms with Crippen molar-refractivity contribution in [2.45, 2.75) is 40.2 Å². The number of carbonyl (C=O) groups is 3. The number of amides is 3. The molecule has 1 aromatic carbocycles. The number of esters is 1. The molecule has 0 heterocycles. The quantitative estimate of drug-likeness (QED) is 0.703. The first-order chi connectivity index (χ1) is 11.8. The van der Waals surface area contributed by atoms with Crippen LogP contribution in [0.2, 0.25) is 0 Å². The zero-order chi connectivity index (χ0) is 18.8. The van der Waals surface area contributed by atoms with Crippen LogP contribution in [0.5, 0.6) is 5.75 Å². The van der Waals surface area contributed by atoms with Gasteiger partial charge in [0, 0.05) is 6.54 Å². The van der Waals surface area contributed by atoms with Crippen molar-refractivity contribution in [3.63, 3.8) is 0 Å². The number of urea groups is 1. The van der Waals surface area contributed by atoms with Gasteiger partial charge in [-0.2, -0.15) is 0 Å². The molecule has 138 valence electrons. The van der Waals surface area contributed by atoms with Gasteiger partial charge >= 0.3 is 12.0 Å². The van der Waals surface area contributed by atoms with E-state index in [0.29, 0.717) is 30.4 Å². The number of carbonyl (C=O) groups excluding carboxylic acids is 3. The van der Waals surface area contributed by atoms with Crippen LogP contribution in [0.25, 0.3) is 0 Å². The van der Waals surface area contributed by atoms with E-state index < -0.39 is 24.0 Å². The lowest BCUT2D eigenvalue weighted by atomic mass is 10.1. The van der Waals surface area contributed by atoms with Crippen molar-refractivity contribution in [2.24, 2.45) is 5.92 Å². The Morgan fingerprint density at radius 2 is 1.72 bits per heavy atom. The van der Waals surface area contributed by atoms with Crippen molar-refractivity contribution < 1.29 is 23.9 Å². The highest BCUT2D eigenvalue weighted by Gasteiger charge is 2.20. The second-order valence-corrected chi connectivity index (χ2v) is 5.95. The lowest BCUT2D eigenvalue weighted by molar-refractivity contribution is -0.127. The van der Waals surface area contributed by atoms with Gasteiger partial charge in [-0.3, -0.25) is 10.1 Å². The van der Waals surface area contributed by atoms with Crippen molar-refractivity contribution in [3.8, 4) is 5.75 Å². The van der Waals surface area contributed by atoms with Crippen molar-refractivity contribution in [3.05, 3.63) is 29.8 Å². The van der Waals surface area contributed by atoms with Gasteiger partial charge in [0.05, 0.1) is 12.2 Å². The van der Waals surface area contributed by atoms with E-state index in [1.54, 1.807) is 31.2 Å². The van der Waals surface area contributed by atoms with Crippen LogP contribution in [0.4, 0.5) is 4.79 Å². The summed E-state index contributed by atoms with van der Waals surface area (Å²) in [5.74, 6) is -0.110. The Bertz CT molecular complexity index is 584. The summed E-state index contributed by atoms with van der Waals surface area (Å²) in [5.41, 5.74) is 0.300. The van der Waals surface area contributed by atoms with Crippen LogP contribution in [0, 0.1) is 5.92 Å². The van der Waals surface area contributed by atoms with Crippen molar-refractivity contribution in [1.29, 1.82) is 0 Å². The molecule has 0 spiro atoms. The van der Waals surface area contributed by atoms with Crippen LogP contribution >= 0.6 is 0 Å². The molecule has 7 heteroatoms. The molecule has 7 nitrogen and oxygen atoms in total. The fourth-order valence-electron chi connectivity index (χ4n) is 1.80. The summed E-state index contributed by atoms with van der Waals surface area (Å²) in [6, 6.07) is 5.87. The predicted octanol–water partition coefficient (Wildman–Crippen LogP) is 2.50. The maximum atomic E-state index is 12.0. The highest BCUT2D eigenvalue weighted by Crippen LogP contribution is 2.14. The summed E-state index contributed by atoms with van der Waals surface area (Å²) >= 11 is 0. The van der Waals surface area contributed by atoms with Gasteiger partial charge in [0.2, 0.25) is 0 Å². The number of nitrogens with one attached hydrogen (secondary N) is 2. The molecule has 0 aliphatic heterocycles. The van der Waals surface area contributed by atoms with Gasteiger partial charge in [0.15, 0.2) is 6.10 Å². The Kier molecular flexibility index (Phi) is 8.46. The highest BCUT2D eigenvalue weighted by molar-refractivity contribution is 5.98. The second kappa shape index (κ2) is 10.3. The summed E-state index contributed by atoms with van der Waals surface area (Å²) in [7, 11) is 0. The molecule has 0 aliphatic carbocycles. The Balaban J connectivity index is 2.50. The average Bonchev–Trinajstić information content (AvgIpc) is 2.55. The molecule has 0 bridgehead atoms. The zero-order valence-electron chi connectivity index (χ0n) is 15.1.